The highest BCUT2D eigenvalue weighted by molar-refractivity contribution is 6.29. The van der Waals surface area contributed by atoms with Gasteiger partial charge >= 0.3 is 0 Å². The molecule has 1 aromatic carbocycles. The minimum absolute atomic E-state index is 0.356. The van der Waals surface area contributed by atoms with Crippen LogP contribution in [0.25, 0.3) is 0 Å². The molecule has 1 unspecified atom stereocenters. The molecule has 0 spiro atoms. The molecule has 1 aromatic heterocycles. The minimum Gasteiger partial charge on any atom is -0.377 e. The molecular weight excluding hydrogens is 280 g/mol. The van der Waals surface area contributed by atoms with Crippen LogP contribution in [0.15, 0.2) is 48.7 Å². The number of anilines is 1. The maximum absolute atomic E-state index is 5.88. The van der Waals surface area contributed by atoms with Crippen molar-refractivity contribution in [1.29, 1.82) is 0 Å². The van der Waals surface area contributed by atoms with Gasteiger partial charge in [-0.2, -0.15) is 0 Å². The van der Waals surface area contributed by atoms with Crippen LogP contribution in [0.2, 0.25) is 5.15 Å². The monoisotopic (exact) mass is 300 g/mol. The molecular formula is C18H21ClN2. The number of hydrogen-bond acceptors (Lipinski definition) is 2. The fraction of sp³-hybridized carbons (Fsp3) is 0.389. The maximum atomic E-state index is 5.88. The van der Waals surface area contributed by atoms with Crippen LogP contribution in [-0.2, 0) is 0 Å². The van der Waals surface area contributed by atoms with Gasteiger partial charge in [0, 0.05) is 0 Å². The van der Waals surface area contributed by atoms with E-state index in [0.717, 1.165) is 5.69 Å². The lowest BCUT2D eigenvalue weighted by atomic mass is 9.81. The van der Waals surface area contributed by atoms with Gasteiger partial charge in [-0.3, -0.25) is 0 Å². The Morgan fingerprint density at radius 3 is 2.43 bits per heavy atom. The van der Waals surface area contributed by atoms with Gasteiger partial charge in [0.2, 0.25) is 0 Å². The van der Waals surface area contributed by atoms with E-state index in [1.54, 1.807) is 0 Å². The Balaban J connectivity index is 1.83. The summed E-state index contributed by atoms with van der Waals surface area (Å²) in [6.45, 7) is 0. The van der Waals surface area contributed by atoms with Crippen molar-refractivity contribution in [2.75, 3.05) is 5.32 Å². The quantitative estimate of drug-likeness (QED) is 0.757. The number of rotatable bonds is 4. The molecule has 0 bridgehead atoms. The minimum atomic E-state index is 0.356. The number of hydrogen-bond donors (Lipinski definition) is 1. The summed E-state index contributed by atoms with van der Waals surface area (Å²) in [5.74, 6) is 0.692. The molecule has 1 fully saturated rings. The van der Waals surface area contributed by atoms with Crippen molar-refractivity contribution in [3.05, 3.63) is 59.4 Å². The summed E-state index contributed by atoms with van der Waals surface area (Å²) < 4.78 is 0. The van der Waals surface area contributed by atoms with E-state index in [0.29, 0.717) is 17.1 Å². The smallest absolute Gasteiger partial charge is 0.129 e. The van der Waals surface area contributed by atoms with E-state index in [1.807, 2.05) is 18.3 Å². The van der Waals surface area contributed by atoms with E-state index in [1.165, 1.54) is 37.7 Å². The number of halogens is 1. The second kappa shape index (κ2) is 6.95. The first-order valence-corrected chi connectivity index (χ1v) is 8.14. The van der Waals surface area contributed by atoms with Crippen LogP contribution in [-0.4, -0.2) is 4.98 Å². The van der Waals surface area contributed by atoms with Gasteiger partial charge in [0.25, 0.3) is 0 Å². The van der Waals surface area contributed by atoms with Crippen LogP contribution < -0.4 is 5.32 Å². The van der Waals surface area contributed by atoms with E-state index in [9.17, 15) is 0 Å². The zero-order chi connectivity index (χ0) is 14.5. The van der Waals surface area contributed by atoms with E-state index in [4.69, 9.17) is 11.6 Å². The Morgan fingerprint density at radius 2 is 1.76 bits per heavy atom. The highest BCUT2D eigenvalue weighted by Crippen LogP contribution is 2.36. The summed E-state index contributed by atoms with van der Waals surface area (Å²) >= 11 is 5.88. The molecule has 3 heteroatoms. The summed E-state index contributed by atoms with van der Waals surface area (Å²) in [6.07, 6.45) is 8.48. The second-order valence-electron chi connectivity index (χ2n) is 5.80. The van der Waals surface area contributed by atoms with Crippen LogP contribution >= 0.6 is 11.6 Å². The first-order valence-electron chi connectivity index (χ1n) is 7.76. The third-order valence-electron chi connectivity index (χ3n) is 4.33. The Labute approximate surface area is 131 Å². The van der Waals surface area contributed by atoms with Crippen LogP contribution in [0.4, 0.5) is 5.69 Å². The van der Waals surface area contributed by atoms with Crippen molar-refractivity contribution in [3.63, 3.8) is 0 Å². The van der Waals surface area contributed by atoms with E-state index >= 15 is 0 Å². The summed E-state index contributed by atoms with van der Waals surface area (Å²) in [6, 6.07) is 15.0. The third-order valence-corrected chi connectivity index (χ3v) is 4.55. The molecule has 2 aromatic rings. The summed E-state index contributed by atoms with van der Waals surface area (Å²) in [7, 11) is 0. The standard InChI is InChI=1S/C18H21ClN2/c19-17-12-11-16(13-20-17)21-18(14-7-3-1-4-8-14)15-9-5-2-6-10-15/h1,3-4,7-8,11-13,15,18,21H,2,5-6,9-10H2. The number of pyridine rings is 1. The first-order chi connectivity index (χ1) is 10.3. The van der Waals surface area contributed by atoms with Gasteiger partial charge in [0.05, 0.1) is 17.9 Å². The van der Waals surface area contributed by atoms with E-state index < -0.39 is 0 Å². The average molecular weight is 301 g/mol. The van der Waals surface area contributed by atoms with Crippen molar-refractivity contribution in [2.24, 2.45) is 5.92 Å². The van der Waals surface area contributed by atoms with Crippen LogP contribution in [0.1, 0.15) is 43.7 Å². The number of aromatic nitrogens is 1. The SMILES string of the molecule is Clc1ccc(NC(c2ccccc2)C2CCCCC2)cn1. The number of nitrogens with one attached hydrogen (secondary N) is 1. The molecule has 0 radical (unpaired) electrons. The number of benzene rings is 1. The van der Waals surface area contributed by atoms with Gasteiger partial charge in [-0.05, 0) is 36.5 Å². The lowest BCUT2D eigenvalue weighted by Gasteiger charge is -2.32. The molecule has 21 heavy (non-hydrogen) atoms. The lowest BCUT2D eigenvalue weighted by molar-refractivity contribution is 0.321. The zero-order valence-corrected chi connectivity index (χ0v) is 12.9. The van der Waals surface area contributed by atoms with Gasteiger partial charge in [0.1, 0.15) is 5.15 Å². The van der Waals surface area contributed by atoms with Gasteiger partial charge < -0.3 is 5.32 Å². The molecule has 1 heterocycles. The molecule has 0 amide bonds. The molecule has 110 valence electrons. The average Bonchev–Trinajstić information content (AvgIpc) is 2.56. The summed E-state index contributed by atoms with van der Waals surface area (Å²) in [5.41, 5.74) is 2.40. The zero-order valence-electron chi connectivity index (χ0n) is 12.1. The Morgan fingerprint density at radius 1 is 1.00 bits per heavy atom. The molecule has 2 nitrogen and oxygen atoms in total. The molecule has 0 aliphatic heterocycles. The van der Waals surface area contributed by atoms with Crippen LogP contribution in [0, 0.1) is 5.92 Å². The lowest BCUT2D eigenvalue weighted by Crippen LogP contribution is -2.23. The van der Waals surface area contributed by atoms with Crippen LogP contribution in [0.3, 0.4) is 0 Å². The fourth-order valence-electron chi connectivity index (χ4n) is 3.24. The maximum Gasteiger partial charge on any atom is 0.129 e. The predicted octanol–water partition coefficient (Wildman–Crippen LogP) is 5.47. The van der Waals surface area contributed by atoms with Crippen molar-refractivity contribution in [1.82, 2.24) is 4.98 Å². The van der Waals surface area contributed by atoms with E-state index in [2.05, 4.69) is 40.6 Å². The Bertz CT molecular complexity index is 547. The van der Waals surface area contributed by atoms with E-state index in [-0.39, 0.29) is 0 Å². The summed E-state index contributed by atoms with van der Waals surface area (Å²) in [4.78, 5) is 4.17. The molecule has 1 aliphatic carbocycles. The fourth-order valence-corrected chi connectivity index (χ4v) is 3.35. The molecule has 0 saturated heterocycles. The molecule has 1 aliphatic rings. The van der Waals surface area contributed by atoms with Crippen molar-refractivity contribution >= 4 is 17.3 Å². The molecule has 3 rings (SSSR count). The molecule has 1 N–H and O–H groups in total. The predicted molar refractivity (Wildman–Crippen MR) is 88.6 cm³/mol. The largest absolute Gasteiger partial charge is 0.377 e. The van der Waals surface area contributed by atoms with Gasteiger partial charge in [0.15, 0.2) is 0 Å². The normalized spacial score (nSPS) is 17.4. The van der Waals surface area contributed by atoms with Crippen molar-refractivity contribution in [3.8, 4) is 0 Å². The third kappa shape index (κ3) is 3.76. The first kappa shape index (κ1) is 14.4. The second-order valence-corrected chi connectivity index (χ2v) is 6.19. The molecule has 1 atom stereocenters. The van der Waals surface area contributed by atoms with Crippen molar-refractivity contribution < 1.29 is 0 Å². The van der Waals surface area contributed by atoms with Gasteiger partial charge in [-0.15, -0.1) is 0 Å². The van der Waals surface area contributed by atoms with Gasteiger partial charge in [-0.1, -0.05) is 61.2 Å². The highest BCUT2D eigenvalue weighted by Gasteiger charge is 2.24. The topological polar surface area (TPSA) is 24.9 Å². The Hall–Kier alpha value is -1.54. The summed E-state index contributed by atoms with van der Waals surface area (Å²) in [5, 5.41) is 4.21. The van der Waals surface area contributed by atoms with Gasteiger partial charge in [-0.25, -0.2) is 4.98 Å². The molecule has 1 saturated carbocycles. The highest BCUT2D eigenvalue weighted by atomic mass is 35.5. The van der Waals surface area contributed by atoms with Crippen LogP contribution in [0.5, 0.6) is 0 Å². The Kier molecular flexibility index (Phi) is 4.76. The number of nitrogens with zero attached hydrogens (tertiary/aromatic N) is 1. The van der Waals surface area contributed by atoms with Crippen molar-refractivity contribution in [2.45, 2.75) is 38.1 Å².